The average molecular weight is 559 g/mol. The first-order valence-corrected chi connectivity index (χ1v) is 13.1. The second-order valence-corrected chi connectivity index (χ2v) is 9.67. The maximum Gasteiger partial charge on any atom is 0.287 e. The van der Waals surface area contributed by atoms with Crippen molar-refractivity contribution in [3.63, 3.8) is 0 Å². The Morgan fingerprint density at radius 2 is 1.78 bits per heavy atom. The highest BCUT2D eigenvalue weighted by molar-refractivity contribution is 6.04. The lowest BCUT2D eigenvalue weighted by molar-refractivity contribution is -0.121. The minimum Gasteiger partial charge on any atom is -0.338 e. The zero-order chi connectivity index (χ0) is 29.9. The number of hydrogen-bond acceptors (Lipinski definition) is 6. The molecule has 11 nitrogen and oxygen atoms in total. The summed E-state index contributed by atoms with van der Waals surface area (Å²) >= 11 is 0. The number of allylic oxidation sites excluding steroid dienone is 3. The highest BCUT2D eigenvalue weighted by atomic mass is 16.2. The third kappa shape index (κ3) is 8.72. The number of rotatable bonds is 13. The van der Waals surface area contributed by atoms with Crippen LogP contribution in [0.4, 0.5) is 5.69 Å². The molecule has 0 fully saturated rings. The van der Waals surface area contributed by atoms with E-state index in [2.05, 4.69) is 27.5 Å². The van der Waals surface area contributed by atoms with Gasteiger partial charge < -0.3 is 25.1 Å². The second kappa shape index (κ2) is 14.4. The van der Waals surface area contributed by atoms with Gasteiger partial charge in [-0.2, -0.15) is 0 Å². The van der Waals surface area contributed by atoms with Crippen molar-refractivity contribution in [1.82, 2.24) is 24.8 Å². The van der Waals surface area contributed by atoms with E-state index in [9.17, 15) is 24.0 Å². The largest absolute Gasteiger partial charge is 0.338 e. The van der Waals surface area contributed by atoms with E-state index in [1.54, 1.807) is 43.6 Å². The van der Waals surface area contributed by atoms with Crippen LogP contribution in [0.1, 0.15) is 47.7 Å². The third-order valence-corrected chi connectivity index (χ3v) is 6.18. The van der Waals surface area contributed by atoms with Crippen LogP contribution in [0.5, 0.6) is 0 Å². The molecule has 2 heterocycles. The zero-order valence-electron chi connectivity index (χ0n) is 23.3. The van der Waals surface area contributed by atoms with E-state index < -0.39 is 29.3 Å². The predicted molar refractivity (Wildman–Crippen MR) is 155 cm³/mol. The number of hydrogen-bond donors (Lipinski definition) is 3. The van der Waals surface area contributed by atoms with Crippen molar-refractivity contribution in [1.29, 1.82) is 0 Å². The molecule has 0 aliphatic heterocycles. The van der Waals surface area contributed by atoms with E-state index in [0.717, 1.165) is 4.57 Å². The number of nitrogens with one attached hydrogen (secondary N) is 3. The summed E-state index contributed by atoms with van der Waals surface area (Å²) in [6.07, 6.45) is 7.96. The van der Waals surface area contributed by atoms with Gasteiger partial charge in [0.1, 0.15) is 18.3 Å². The van der Waals surface area contributed by atoms with Crippen molar-refractivity contribution in [2.24, 2.45) is 13.0 Å². The maximum absolute atomic E-state index is 13.3. The van der Waals surface area contributed by atoms with Crippen LogP contribution in [0.3, 0.4) is 0 Å². The van der Waals surface area contributed by atoms with E-state index in [4.69, 9.17) is 0 Å². The van der Waals surface area contributed by atoms with Crippen molar-refractivity contribution in [2.75, 3.05) is 5.32 Å². The molecule has 1 atom stereocenters. The van der Waals surface area contributed by atoms with Crippen LogP contribution in [-0.4, -0.2) is 43.7 Å². The second-order valence-electron chi connectivity index (χ2n) is 9.67. The fraction of sp³-hybridized carbons (Fsp3) is 0.267. The summed E-state index contributed by atoms with van der Waals surface area (Å²) in [5.41, 5.74) is 0.412. The summed E-state index contributed by atoms with van der Waals surface area (Å²) in [7, 11) is 1.65. The zero-order valence-corrected chi connectivity index (χ0v) is 23.3. The Balaban J connectivity index is 1.73. The van der Waals surface area contributed by atoms with Gasteiger partial charge in [-0.15, -0.1) is 0 Å². The number of ketones is 1. The number of carbonyl (C=O) groups is 4. The maximum atomic E-state index is 13.3. The highest BCUT2D eigenvalue weighted by Gasteiger charge is 2.24. The van der Waals surface area contributed by atoms with Gasteiger partial charge in [0.05, 0.1) is 0 Å². The van der Waals surface area contributed by atoms with Gasteiger partial charge in [-0.3, -0.25) is 24.0 Å². The topological polar surface area (TPSA) is 144 Å². The van der Waals surface area contributed by atoms with Crippen molar-refractivity contribution < 1.29 is 19.2 Å². The molecule has 0 spiro atoms. The molecule has 3 N–H and O–H groups in total. The van der Waals surface area contributed by atoms with E-state index in [1.807, 2.05) is 19.9 Å². The lowest BCUT2D eigenvalue weighted by Gasteiger charge is -2.18. The fourth-order valence-corrected chi connectivity index (χ4v) is 3.72. The van der Waals surface area contributed by atoms with Crippen LogP contribution in [-0.2, 0) is 23.2 Å². The van der Waals surface area contributed by atoms with Gasteiger partial charge in [0.15, 0.2) is 11.6 Å². The Hall–Kier alpha value is -5.06. The van der Waals surface area contributed by atoms with E-state index in [1.165, 1.54) is 35.2 Å². The summed E-state index contributed by atoms with van der Waals surface area (Å²) in [6.45, 7) is 7.29. The van der Waals surface area contributed by atoms with Gasteiger partial charge in [-0.1, -0.05) is 56.8 Å². The fourth-order valence-electron chi connectivity index (χ4n) is 3.72. The van der Waals surface area contributed by atoms with Crippen molar-refractivity contribution in [3.05, 3.63) is 107 Å². The van der Waals surface area contributed by atoms with E-state index in [-0.39, 0.29) is 42.6 Å². The van der Waals surface area contributed by atoms with Gasteiger partial charge in [0.25, 0.3) is 11.5 Å². The number of aryl methyl sites for hydroxylation is 1. The van der Waals surface area contributed by atoms with Gasteiger partial charge in [0.2, 0.25) is 11.8 Å². The van der Waals surface area contributed by atoms with Crippen LogP contribution in [0, 0.1) is 5.92 Å². The molecular weight excluding hydrogens is 524 g/mol. The summed E-state index contributed by atoms with van der Waals surface area (Å²) in [5.74, 6) is -1.68. The molecular formula is C30H34N6O5. The summed E-state index contributed by atoms with van der Waals surface area (Å²) in [5, 5.41) is 7.89. The van der Waals surface area contributed by atoms with Crippen molar-refractivity contribution in [3.8, 4) is 0 Å². The number of pyridine rings is 1. The third-order valence-electron chi connectivity index (χ3n) is 6.18. The molecule has 2 aromatic heterocycles. The standard InChI is InChI=1S/C30H34N6O5/c1-20(2)21(3)32-26(38)19-36-17-10-14-24(30(36)41)34-28(39)23(33-29(40)27-31-16-18-35(27)4)13-8-9-15-25(37)22-11-6-5-7-12-22/h5-7,9-12,14-18,20,23H,3,8,13,19H2,1-2,4H3,(H,32,38)(H,33,40)(H,34,39)/b15-9+. The van der Waals surface area contributed by atoms with Gasteiger partial charge in [-0.25, -0.2) is 4.98 Å². The van der Waals surface area contributed by atoms with Crippen LogP contribution in [0.15, 0.2) is 90.3 Å². The number of carbonyl (C=O) groups excluding carboxylic acids is 4. The van der Waals surface area contributed by atoms with Crippen molar-refractivity contribution >= 4 is 29.2 Å². The minimum absolute atomic E-state index is 0.0329. The molecule has 0 bridgehead atoms. The lowest BCUT2D eigenvalue weighted by atomic mass is 10.1. The quantitative estimate of drug-likeness (QED) is 0.217. The first-order chi connectivity index (χ1) is 19.6. The van der Waals surface area contributed by atoms with Gasteiger partial charge >= 0.3 is 0 Å². The number of imidazole rings is 1. The number of anilines is 1. The Kier molecular flexibility index (Phi) is 10.7. The number of amides is 3. The monoisotopic (exact) mass is 558 g/mol. The van der Waals surface area contributed by atoms with Gasteiger partial charge in [-0.05, 0) is 37.0 Å². The Morgan fingerprint density at radius 3 is 2.44 bits per heavy atom. The Bertz CT molecular complexity index is 1500. The number of nitrogens with zero attached hydrogens (tertiary/aromatic N) is 3. The summed E-state index contributed by atoms with van der Waals surface area (Å²) in [6, 6.07) is 10.6. The number of benzene rings is 1. The highest BCUT2D eigenvalue weighted by Crippen LogP contribution is 2.08. The molecule has 1 aromatic carbocycles. The SMILES string of the molecule is C=C(NC(=O)Cn1cccc(NC(=O)C(CC/C=C/C(=O)c2ccccc2)NC(=O)c2nccn2C)c1=O)C(C)C. The number of aromatic nitrogens is 3. The Morgan fingerprint density at radius 1 is 1.05 bits per heavy atom. The lowest BCUT2D eigenvalue weighted by Crippen LogP contribution is -2.45. The normalized spacial score (nSPS) is 11.7. The predicted octanol–water partition coefficient (Wildman–Crippen LogP) is 2.82. The van der Waals surface area contributed by atoms with Crippen LogP contribution in [0.25, 0.3) is 0 Å². The van der Waals surface area contributed by atoms with E-state index >= 15 is 0 Å². The van der Waals surface area contributed by atoms with E-state index in [0.29, 0.717) is 11.3 Å². The molecule has 214 valence electrons. The molecule has 3 amide bonds. The Labute approximate surface area is 238 Å². The molecule has 0 saturated carbocycles. The average Bonchev–Trinajstić information content (AvgIpc) is 3.38. The molecule has 11 heteroatoms. The first-order valence-electron chi connectivity index (χ1n) is 13.1. The molecule has 3 aromatic rings. The molecule has 0 radical (unpaired) electrons. The van der Waals surface area contributed by atoms with Crippen LogP contribution in [0.2, 0.25) is 0 Å². The van der Waals surface area contributed by atoms with Crippen LogP contribution >= 0.6 is 0 Å². The smallest absolute Gasteiger partial charge is 0.287 e. The summed E-state index contributed by atoms with van der Waals surface area (Å²) in [4.78, 5) is 67.8. The molecule has 0 saturated heterocycles. The molecule has 41 heavy (non-hydrogen) atoms. The van der Waals surface area contributed by atoms with Crippen molar-refractivity contribution in [2.45, 2.75) is 39.3 Å². The first kappa shape index (κ1) is 30.5. The summed E-state index contributed by atoms with van der Waals surface area (Å²) < 4.78 is 2.68. The molecule has 3 rings (SSSR count). The molecule has 0 aliphatic rings. The molecule has 1 unspecified atom stereocenters. The van der Waals surface area contributed by atoms with Crippen LogP contribution < -0.4 is 21.5 Å². The van der Waals surface area contributed by atoms with Gasteiger partial charge in [0, 0.05) is 36.9 Å². The minimum atomic E-state index is -1.05. The molecule has 0 aliphatic carbocycles.